The number of nitrogens with zero attached hydrogens (tertiary/aromatic N) is 1. The highest BCUT2D eigenvalue weighted by Gasteiger charge is 2.20. The molecule has 3 rings (SSSR count). The number of carboxylic acid groups (broad SMARTS) is 1. The normalized spacial score (nSPS) is 14.2. The van der Waals surface area contributed by atoms with Gasteiger partial charge in [0.15, 0.2) is 11.5 Å². The summed E-state index contributed by atoms with van der Waals surface area (Å²) in [5.41, 5.74) is 0.939. The predicted molar refractivity (Wildman–Crippen MR) is 71.8 cm³/mol. The molecule has 1 aromatic carbocycles. The van der Waals surface area contributed by atoms with Gasteiger partial charge in [-0.15, -0.1) is 0 Å². The summed E-state index contributed by atoms with van der Waals surface area (Å²) in [4.78, 5) is 11.4. The van der Waals surface area contributed by atoms with Crippen LogP contribution in [0.2, 0.25) is 0 Å². The molecule has 0 bridgehead atoms. The third-order valence-corrected chi connectivity index (χ3v) is 3.37. The molecule has 104 valence electrons. The van der Waals surface area contributed by atoms with E-state index in [0.717, 1.165) is 5.56 Å². The average molecular weight is 273 g/mol. The van der Waals surface area contributed by atoms with Gasteiger partial charge in [0.1, 0.15) is 0 Å². The molecule has 1 unspecified atom stereocenters. The molecule has 0 fully saturated rings. The predicted octanol–water partition coefficient (Wildman–Crippen LogP) is 2.16. The van der Waals surface area contributed by atoms with Crippen molar-refractivity contribution >= 4 is 5.97 Å². The van der Waals surface area contributed by atoms with E-state index in [1.54, 1.807) is 0 Å². The molecule has 1 aliphatic rings. The summed E-state index contributed by atoms with van der Waals surface area (Å²) < 4.78 is 12.4. The van der Waals surface area contributed by atoms with E-state index >= 15 is 0 Å². The smallest absolute Gasteiger partial charge is 0.308 e. The summed E-state index contributed by atoms with van der Waals surface area (Å²) >= 11 is 0. The van der Waals surface area contributed by atoms with E-state index in [-0.39, 0.29) is 6.79 Å². The topological polar surface area (TPSA) is 60.7 Å². The van der Waals surface area contributed by atoms with Crippen LogP contribution < -0.4 is 9.47 Å². The molecule has 1 aromatic heterocycles. The van der Waals surface area contributed by atoms with Crippen LogP contribution in [0.1, 0.15) is 5.56 Å². The maximum Gasteiger partial charge on any atom is 0.308 e. The van der Waals surface area contributed by atoms with Gasteiger partial charge in [-0.25, -0.2) is 0 Å². The number of ether oxygens (including phenoxy) is 2. The number of carboxylic acids is 1. The Hall–Kier alpha value is -2.43. The molecule has 2 aromatic rings. The van der Waals surface area contributed by atoms with Crippen molar-refractivity contribution < 1.29 is 19.4 Å². The number of carbonyl (C=O) groups is 1. The van der Waals surface area contributed by atoms with Crippen LogP contribution in [0, 0.1) is 5.92 Å². The van der Waals surface area contributed by atoms with Crippen molar-refractivity contribution in [1.82, 2.24) is 4.57 Å². The number of hydrogen-bond acceptors (Lipinski definition) is 3. The second kappa shape index (κ2) is 5.28. The number of hydrogen-bond donors (Lipinski definition) is 1. The van der Waals surface area contributed by atoms with Gasteiger partial charge in [0.25, 0.3) is 0 Å². The Balaban J connectivity index is 1.74. The minimum absolute atomic E-state index is 0.227. The highest BCUT2D eigenvalue weighted by atomic mass is 16.7. The average Bonchev–Trinajstić information content (AvgIpc) is 3.07. The molecule has 1 aliphatic heterocycles. The molecule has 1 atom stereocenters. The fourth-order valence-corrected chi connectivity index (χ4v) is 2.33. The molecule has 0 radical (unpaired) electrons. The lowest BCUT2D eigenvalue weighted by molar-refractivity contribution is -0.142. The first kappa shape index (κ1) is 12.6. The van der Waals surface area contributed by atoms with Crippen LogP contribution >= 0.6 is 0 Å². The molecule has 1 N–H and O–H groups in total. The molecule has 0 spiro atoms. The van der Waals surface area contributed by atoms with E-state index in [0.29, 0.717) is 24.5 Å². The summed E-state index contributed by atoms with van der Waals surface area (Å²) in [5, 5.41) is 9.36. The zero-order chi connectivity index (χ0) is 13.9. The van der Waals surface area contributed by atoms with E-state index in [4.69, 9.17) is 9.47 Å². The Morgan fingerprint density at radius 1 is 1.25 bits per heavy atom. The Morgan fingerprint density at radius 3 is 2.75 bits per heavy atom. The van der Waals surface area contributed by atoms with Crippen LogP contribution in [0.4, 0.5) is 0 Å². The van der Waals surface area contributed by atoms with Gasteiger partial charge in [-0.1, -0.05) is 6.07 Å². The monoisotopic (exact) mass is 273 g/mol. The molecule has 5 heteroatoms. The van der Waals surface area contributed by atoms with Gasteiger partial charge in [0, 0.05) is 18.9 Å². The van der Waals surface area contributed by atoms with Crippen molar-refractivity contribution in [2.24, 2.45) is 5.92 Å². The number of aliphatic carboxylic acids is 1. The summed E-state index contributed by atoms with van der Waals surface area (Å²) in [6.07, 6.45) is 4.20. The Bertz CT molecular complexity index is 606. The van der Waals surface area contributed by atoms with Gasteiger partial charge in [0.2, 0.25) is 6.79 Å². The highest BCUT2D eigenvalue weighted by molar-refractivity contribution is 5.70. The number of fused-ring (bicyclic) bond motifs is 1. The van der Waals surface area contributed by atoms with Crippen molar-refractivity contribution in [2.75, 3.05) is 6.79 Å². The van der Waals surface area contributed by atoms with Crippen LogP contribution in [0.5, 0.6) is 11.5 Å². The van der Waals surface area contributed by atoms with Crippen LogP contribution in [0.15, 0.2) is 42.7 Å². The molecule has 0 saturated carbocycles. The number of rotatable bonds is 5. The van der Waals surface area contributed by atoms with E-state index in [1.807, 2.05) is 47.3 Å². The molecule has 0 saturated heterocycles. The minimum atomic E-state index is -0.795. The quantitative estimate of drug-likeness (QED) is 0.907. The summed E-state index contributed by atoms with van der Waals surface area (Å²) in [6.45, 7) is 0.682. The summed E-state index contributed by atoms with van der Waals surface area (Å²) in [7, 11) is 0. The fraction of sp³-hybridized carbons (Fsp3) is 0.267. The van der Waals surface area contributed by atoms with Crippen LogP contribution in [-0.2, 0) is 17.8 Å². The Morgan fingerprint density at radius 2 is 2.00 bits per heavy atom. The van der Waals surface area contributed by atoms with Crippen molar-refractivity contribution in [3.8, 4) is 11.5 Å². The highest BCUT2D eigenvalue weighted by Crippen LogP contribution is 2.33. The van der Waals surface area contributed by atoms with Crippen LogP contribution in [0.3, 0.4) is 0 Å². The maximum absolute atomic E-state index is 11.4. The molecule has 0 aliphatic carbocycles. The van der Waals surface area contributed by atoms with Crippen molar-refractivity contribution in [3.63, 3.8) is 0 Å². The second-order valence-corrected chi connectivity index (χ2v) is 4.81. The zero-order valence-corrected chi connectivity index (χ0v) is 10.9. The van der Waals surface area contributed by atoms with Gasteiger partial charge in [-0.3, -0.25) is 4.79 Å². The third-order valence-electron chi connectivity index (χ3n) is 3.37. The Labute approximate surface area is 116 Å². The fourth-order valence-electron chi connectivity index (χ4n) is 2.33. The Kier molecular flexibility index (Phi) is 3.33. The first-order valence-corrected chi connectivity index (χ1v) is 6.44. The standard InChI is InChI=1S/C15H15NO4/c17-15(18)12(9-16-5-1-2-6-16)7-11-3-4-13-14(8-11)20-10-19-13/h1-6,8,12H,7,9-10H2,(H,17,18). The first-order valence-electron chi connectivity index (χ1n) is 6.44. The van der Waals surface area contributed by atoms with E-state index in [2.05, 4.69) is 0 Å². The number of aromatic nitrogens is 1. The molecule has 2 heterocycles. The first-order chi connectivity index (χ1) is 9.72. The molecule has 5 nitrogen and oxygen atoms in total. The molecule has 20 heavy (non-hydrogen) atoms. The lowest BCUT2D eigenvalue weighted by atomic mass is 9.99. The number of benzene rings is 1. The van der Waals surface area contributed by atoms with Crippen LogP contribution in [-0.4, -0.2) is 22.4 Å². The summed E-state index contributed by atoms with van der Waals surface area (Å²) in [5.74, 6) is 0.137. The van der Waals surface area contributed by atoms with Crippen molar-refractivity contribution in [1.29, 1.82) is 0 Å². The van der Waals surface area contributed by atoms with Crippen LogP contribution in [0.25, 0.3) is 0 Å². The molecule has 0 amide bonds. The SMILES string of the molecule is O=C(O)C(Cc1ccc2c(c1)OCO2)Cn1cccc1. The largest absolute Gasteiger partial charge is 0.481 e. The third kappa shape index (κ3) is 2.61. The van der Waals surface area contributed by atoms with E-state index < -0.39 is 11.9 Å². The summed E-state index contributed by atoms with van der Waals surface area (Å²) in [6, 6.07) is 9.35. The lowest BCUT2D eigenvalue weighted by Crippen LogP contribution is -2.21. The van der Waals surface area contributed by atoms with Gasteiger partial charge in [-0.05, 0) is 36.2 Å². The molecular weight excluding hydrogens is 258 g/mol. The molecular formula is C15H15NO4. The zero-order valence-electron chi connectivity index (χ0n) is 10.9. The van der Waals surface area contributed by atoms with Gasteiger partial charge < -0.3 is 19.1 Å². The van der Waals surface area contributed by atoms with E-state index in [1.165, 1.54) is 0 Å². The van der Waals surface area contributed by atoms with Crippen molar-refractivity contribution in [3.05, 3.63) is 48.3 Å². The minimum Gasteiger partial charge on any atom is -0.481 e. The van der Waals surface area contributed by atoms with Gasteiger partial charge in [-0.2, -0.15) is 0 Å². The van der Waals surface area contributed by atoms with Gasteiger partial charge >= 0.3 is 5.97 Å². The van der Waals surface area contributed by atoms with Crippen molar-refractivity contribution in [2.45, 2.75) is 13.0 Å². The van der Waals surface area contributed by atoms with E-state index in [9.17, 15) is 9.90 Å². The van der Waals surface area contributed by atoms with Gasteiger partial charge in [0.05, 0.1) is 5.92 Å². The maximum atomic E-state index is 11.4. The lowest BCUT2D eigenvalue weighted by Gasteiger charge is -2.13. The second-order valence-electron chi connectivity index (χ2n) is 4.81.